The van der Waals surface area contributed by atoms with Gasteiger partial charge in [0.2, 0.25) is 0 Å². The summed E-state index contributed by atoms with van der Waals surface area (Å²) in [5.41, 5.74) is -2.30. The van der Waals surface area contributed by atoms with Crippen LogP contribution in [-0.2, 0) is 18.3 Å². The molecule has 0 fully saturated rings. The number of rotatable bonds is 5. The molecule has 4 rings (SSSR count). The largest absolute Gasteiger partial charge is 0.416 e. The van der Waals surface area contributed by atoms with Crippen molar-refractivity contribution in [3.05, 3.63) is 89.6 Å². The van der Waals surface area contributed by atoms with E-state index in [0.29, 0.717) is 11.8 Å². The van der Waals surface area contributed by atoms with Crippen molar-refractivity contribution < 1.29 is 27.1 Å². The van der Waals surface area contributed by atoms with Crippen molar-refractivity contribution in [3.8, 4) is 0 Å². The van der Waals surface area contributed by atoms with Gasteiger partial charge < -0.3 is 5.11 Å². The summed E-state index contributed by atoms with van der Waals surface area (Å²) >= 11 is 0. The molecule has 166 valence electrons. The van der Waals surface area contributed by atoms with E-state index in [9.17, 15) is 27.1 Å². The van der Waals surface area contributed by atoms with Crippen molar-refractivity contribution in [2.45, 2.75) is 31.2 Å². The van der Waals surface area contributed by atoms with Crippen LogP contribution in [0.3, 0.4) is 0 Å². The zero-order chi connectivity index (χ0) is 23.1. The first kappa shape index (κ1) is 21.8. The minimum absolute atomic E-state index is 0.170. The smallest absolute Gasteiger partial charge is 0.382 e. The first-order valence-corrected chi connectivity index (χ1v) is 9.56. The number of fused-ring (bicyclic) bond motifs is 1. The second-order valence-corrected chi connectivity index (χ2v) is 7.50. The lowest BCUT2D eigenvalue weighted by Gasteiger charge is -2.34. The van der Waals surface area contributed by atoms with E-state index in [4.69, 9.17) is 0 Å². The van der Waals surface area contributed by atoms with Gasteiger partial charge in [-0.15, -0.1) is 0 Å². The third kappa shape index (κ3) is 4.05. The Balaban J connectivity index is 1.79. The molecule has 4 aromatic rings. The molecule has 0 bridgehead atoms. The molecule has 2 heterocycles. The number of alkyl halides is 3. The fraction of sp³-hybridized carbons (Fsp3) is 0.227. The fourth-order valence-electron chi connectivity index (χ4n) is 3.66. The summed E-state index contributed by atoms with van der Waals surface area (Å²) in [6, 6.07) is 8.92. The van der Waals surface area contributed by atoms with Gasteiger partial charge in [-0.25, -0.2) is 18.4 Å². The van der Waals surface area contributed by atoms with Crippen LogP contribution in [0.4, 0.5) is 22.0 Å². The van der Waals surface area contributed by atoms with Crippen LogP contribution in [0.5, 0.6) is 0 Å². The Hall–Kier alpha value is -3.40. The number of nitrogens with zero attached hydrogens (tertiary/aromatic N) is 4. The van der Waals surface area contributed by atoms with Crippen molar-refractivity contribution in [1.29, 1.82) is 0 Å². The molecule has 2 aromatic heterocycles. The Labute approximate surface area is 179 Å². The maximum Gasteiger partial charge on any atom is 0.416 e. The molecule has 0 aliphatic carbocycles. The third-order valence-electron chi connectivity index (χ3n) is 5.47. The fourth-order valence-corrected chi connectivity index (χ4v) is 3.66. The minimum atomic E-state index is -4.49. The molecule has 0 spiro atoms. The van der Waals surface area contributed by atoms with Crippen molar-refractivity contribution >= 4 is 10.9 Å². The molecule has 0 saturated carbocycles. The average molecular weight is 448 g/mol. The molecule has 1 N–H and O–H groups in total. The Morgan fingerprint density at radius 2 is 1.81 bits per heavy atom. The van der Waals surface area contributed by atoms with Crippen LogP contribution in [0.15, 0.2) is 61.2 Å². The van der Waals surface area contributed by atoms with Gasteiger partial charge in [0.15, 0.2) is 0 Å². The number of hydrogen-bond donors (Lipinski definition) is 1. The molecule has 0 amide bonds. The summed E-state index contributed by atoms with van der Waals surface area (Å²) in [4.78, 5) is 8.21. The van der Waals surface area contributed by atoms with Crippen LogP contribution in [0, 0.1) is 11.6 Å². The number of aromatic nitrogens is 4. The summed E-state index contributed by atoms with van der Waals surface area (Å²) in [5.74, 6) is -2.60. The standard InChI is InChI=1S/C22H17F5N4O/c1-13(19-6-2-14-8-15(22(25,26)27)3-7-20(14)30-19)21(32,10-31-12-28-11-29-31)17-5-4-16(23)9-18(17)24/h2-9,11-13,32H,10H2,1H3. The maximum atomic E-state index is 14.7. The lowest BCUT2D eigenvalue weighted by atomic mass is 9.79. The van der Waals surface area contributed by atoms with Gasteiger partial charge in [-0.1, -0.05) is 19.1 Å². The number of aliphatic hydroxyl groups is 1. The number of hydrogen-bond acceptors (Lipinski definition) is 4. The number of pyridine rings is 1. The van der Waals surface area contributed by atoms with Crippen LogP contribution in [0.25, 0.3) is 10.9 Å². The van der Waals surface area contributed by atoms with Crippen molar-refractivity contribution in [3.63, 3.8) is 0 Å². The van der Waals surface area contributed by atoms with Crippen molar-refractivity contribution in [2.75, 3.05) is 0 Å². The minimum Gasteiger partial charge on any atom is -0.382 e. The van der Waals surface area contributed by atoms with E-state index in [1.54, 1.807) is 6.92 Å². The molecule has 2 atom stereocenters. The van der Waals surface area contributed by atoms with Gasteiger partial charge in [-0.05, 0) is 30.3 Å². The van der Waals surface area contributed by atoms with Crippen LogP contribution in [0.2, 0.25) is 0 Å². The van der Waals surface area contributed by atoms with Gasteiger partial charge in [-0.2, -0.15) is 18.3 Å². The Kier molecular flexibility index (Phi) is 5.41. The monoisotopic (exact) mass is 448 g/mol. The Morgan fingerprint density at radius 1 is 1.03 bits per heavy atom. The van der Waals surface area contributed by atoms with Crippen LogP contribution >= 0.6 is 0 Å². The molecule has 0 saturated heterocycles. The summed E-state index contributed by atoms with van der Waals surface area (Å²) in [5, 5.41) is 15.9. The molecule has 0 aliphatic heterocycles. The Morgan fingerprint density at radius 3 is 2.47 bits per heavy atom. The molecule has 10 heteroatoms. The van der Waals surface area contributed by atoms with Gasteiger partial charge in [0.25, 0.3) is 0 Å². The molecule has 32 heavy (non-hydrogen) atoms. The van der Waals surface area contributed by atoms with Gasteiger partial charge in [0.05, 0.1) is 17.6 Å². The number of benzene rings is 2. The predicted molar refractivity (Wildman–Crippen MR) is 105 cm³/mol. The first-order valence-electron chi connectivity index (χ1n) is 9.56. The van der Waals surface area contributed by atoms with E-state index < -0.39 is 34.9 Å². The zero-order valence-electron chi connectivity index (χ0n) is 16.7. The molecule has 2 aromatic carbocycles. The van der Waals surface area contributed by atoms with E-state index >= 15 is 0 Å². The molecule has 0 radical (unpaired) electrons. The lowest BCUT2D eigenvalue weighted by molar-refractivity contribution is -0.137. The van der Waals surface area contributed by atoms with E-state index in [2.05, 4.69) is 15.1 Å². The van der Waals surface area contributed by atoms with Crippen LogP contribution in [0.1, 0.15) is 29.7 Å². The highest BCUT2D eigenvalue weighted by molar-refractivity contribution is 5.79. The summed E-state index contributed by atoms with van der Waals surface area (Å²) in [6.07, 6.45) is -1.90. The van der Waals surface area contributed by atoms with Gasteiger partial charge in [0.1, 0.15) is 29.9 Å². The summed E-state index contributed by atoms with van der Waals surface area (Å²) in [6.45, 7) is 1.38. The average Bonchev–Trinajstić information content (AvgIpc) is 3.24. The van der Waals surface area contributed by atoms with Crippen LogP contribution in [-0.4, -0.2) is 24.9 Å². The van der Waals surface area contributed by atoms with Gasteiger partial charge >= 0.3 is 6.18 Å². The molecular formula is C22H17F5N4O. The maximum absolute atomic E-state index is 14.7. The van der Waals surface area contributed by atoms with E-state index in [1.807, 2.05) is 0 Å². The highest BCUT2D eigenvalue weighted by atomic mass is 19.4. The third-order valence-corrected chi connectivity index (χ3v) is 5.47. The quantitative estimate of drug-likeness (QED) is 0.445. The Bertz CT molecular complexity index is 1260. The van der Waals surface area contributed by atoms with Crippen molar-refractivity contribution in [1.82, 2.24) is 19.7 Å². The van der Waals surface area contributed by atoms with Crippen LogP contribution < -0.4 is 0 Å². The molecular weight excluding hydrogens is 431 g/mol. The lowest BCUT2D eigenvalue weighted by Crippen LogP contribution is -2.38. The topological polar surface area (TPSA) is 63.8 Å². The zero-order valence-corrected chi connectivity index (χ0v) is 16.7. The first-order chi connectivity index (χ1) is 15.1. The SMILES string of the molecule is CC(c1ccc2cc(C(F)(F)F)ccc2n1)C(O)(Cn1cncn1)c1ccc(F)cc1F. The molecule has 2 unspecified atom stereocenters. The highest BCUT2D eigenvalue weighted by Gasteiger charge is 2.40. The molecule has 5 nitrogen and oxygen atoms in total. The van der Waals surface area contributed by atoms with E-state index in [-0.39, 0.29) is 23.0 Å². The van der Waals surface area contributed by atoms with Gasteiger partial charge in [0, 0.05) is 28.6 Å². The van der Waals surface area contributed by atoms with Gasteiger partial charge in [-0.3, -0.25) is 4.98 Å². The highest BCUT2D eigenvalue weighted by Crippen LogP contribution is 2.40. The van der Waals surface area contributed by atoms with E-state index in [1.165, 1.54) is 35.5 Å². The van der Waals surface area contributed by atoms with Crippen molar-refractivity contribution in [2.24, 2.45) is 0 Å². The van der Waals surface area contributed by atoms with E-state index in [0.717, 1.165) is 24.3 Å². The number of halogens is 5. The second kappa shape index (κ2) is 7.94. The molecule has 0 aliphatic rings. The second-order valence-electron chi connectivity index (χ2n) is 7.50. The summed E-state index contributed by atoms with van der Waals surface area (Å²) < 4.78 is 68.4. The summed E-state index contributed by atoms with van der Waals surface area (Å²) in [7, 11) is 0. The predicted octanol–water partition coefficient (Wildman–Crippen LogP) is 4.81. The normalized spacial score (nSPS) is 15.0.